The van der Waals surface area contributed by atoms with Crippen molar-refractivity contribution in [3.05, 3.63) is 71.8 Å². The van der Waals surface area contributed by atoms with E-state index in [1.165, 1.54) is 0 Å². The summed E-state index contributed by atoms with van der Waals surface area (Å²) in [5.41, 5.74) is 2.47. The summed E-state index contributed by atoms with van der Waals surface area (Å²) in [6.07, 6.45) is 0. The van der Waals surface area contributed by atoms with Crippen LogP contribution in [0.1, 0.15) is 15.9 Å². The molecule has 25 heavy (non-hydrogen) atoms. The summed E-state index contributed by atoms with van der Waals surface area (Å²) < 4.78 is 5.33. The maximum Gasteiger partial charge on any atom is 0.256 e. The first-order valence-corrected chi connectivity index (χ1v) is 7.77. The van der Waals surface area contributed by atoms with Gasteiger partial charge in [0.15, 0.2) is 11.6 Å². The average molecular weight is 334 g/mol. The number of carbonyl (C=O) groups is 1. The molecule has 0 spiro atoms. The maximum atomic E-state index is 12.1. The predicted molar refractivity (Wildman–Crippen MR) is 97.4 cm³/mol. The lowest BCUT2D eigenvalue weighted by atomic mass is 10.2. The van der Waals surface area contributed by atoms with E-state index in [1.807, 2.05) is 43.3 Å². The molecular weight excluding hydrogens is 316 g/mol. The van der Waals surface area contributed by atoms with Crippen LogP contribution in [0.15, 0.2) is 60.7 Å². The van der Waals surface area contributed by atoms with Gasteiger partial charge in [-0.15, -0.1) is 10.2 Å². The van der Waals surface area contributed by atoms with Crippen LogP contribution in [0, 0.1) is 6.92 Å². The highest BCUT2D eigenvalue weighted by Crippen LogP contribution is 2.27. The molecule has 0 aliphatic heterocycles. The van der Waals surface area contributed by atoms with Crippen molar-refractivity contribution < 1.29 is 9.53 Å². The van der Waals surface area contributed by atoms with Gasteiger partial charge in [-0.3, -0.25) is 4.79 Å². The zero-order valence-corrected chi connectivity index (χ0v) is 14.0. The van der Waals surface area contributed by atoms with Gasteiger partial charge in [0.2, 0.25) is 0 Å². The van der Waals surface area contributed by atoms with E-state index in [1.54, 1.807) is 31.4 Å². The minimum Gasteiger partial charge on any atom is -0.495 e. The maximum absolute atomic E-state index is 12.1. The van der Waals surface area contributed by atoms with Crippen molar-refractivity contribution in [3.8, 4) is 5.75 Å². The van der Waals surface area contributed by atoms with Gasteiger partial charge in [0.25, 0.3) is 5.91 Å². The Bertz CT molecular complexity index is 864. The van der Waals surface area contributed by atoms with Gasteiger partial charge in [0, 0.05) is 5.56 Å². The normalized spacial score (nSPS) is 10.2. The second-order valence-corrected chi connectivity index (χ2v) is 5.45. The molecular formula is C19H18N4O2. The van der Waals surface area contributed by atoms with Crippen molar-refractivity contribution >= 4 is 23.2 Å². The standard InChI is InChI=1S/C19H18N4O2/c1-13-8-9-16(25-2)15(12-13)20-17-10-11-18(23-22-17)21-19(24)14-6-4-3-5-7-14/h3-12H,1-2H3,(H,20,22)(H,21,23,24). The number of methoxy groups -OCH3 is 1. The fraction of sp³-hybridized carbons (Fsp3) is 0.105. The Kier molecular flexibility index (Phi) is 4.89. The number of aryl methyl sites for hydroxylation is 1. The second-order valence-electron chi connectivity index (χ2n) is 5.45. The molecule has 1 amide bonds. The molecule has 0 saturated carbocycles. The largest absolute Gasteiger partial charge is 0.495 e. The lowest BCUT2D eigenvalue weighted by Crippen LogP contribution is -2.13. The summed E-state index contributed by atoms with van der Waals surface area (Å²) in [5, 5.41) is 14.0. The number of carbonyl (C=O) groups excluding carboxylic acids is 1. The molecule has 3 aromatic rings. The molecule has 3 rings (SSSR count). The van der Waals surface area contributed by atoms with Crippen LogP contribution in [0.2, 0.25) is 0 Å². The predicted octanol–water partition coefficient (Wildman–Crippen LogP) is 3.79. The lowest BCUT2D eigenvalue weighted by molar-refractivity contribution is 0.102. The van der Waals surface area contributed by atoms with Crippen LogP contribution >= 0.6 is 0 Å². The third-order valence-electron chi connectivity index (χ3n) is 3.56. The van der Waals surface area contributed by atoms with Crippen molar-refractivity contribution in [2.24, 2.45) is 0 Å². The van der Waals surface area contributed by atoms with Gasteiger partial charge in [-0.05, 0) is 48.9 Å². The molecule has 6 heteroatoms. The van der Waals surface area contributed by atoms with Gasteiger partial charge in [0.05, 0.1) is 12.8 Å². The molecule has 0 atom stereocenters. The van der Waals surface area contributed by atoms with Crippen LogP contribution in [0.3, 0.4) is 0 Å². The molecule has 0 saturated heterocycles. The molecule has 1 aromatic heterocycles. The molecule has 0 unspecified atom stereocenters. The Morgan fingerprint density at radius 2 is 1.68 bits per heavy atom. The summed E-state index contributed by atoms with van der Waals surface area (Å²) in [7, 11) is 1.61. The number of hydrogen-bond acceptors (Lipinski definition) is 5. The highest BCUT2D eigenvalue weighted by Gasteiger charge is 2.08. The van der Waals surface area contributed by atoms with Crippen LogP contribution in [-0.4, -0.2) is 23.2 Å². The highest BCUT2D eigenvalue weighted by molar-refractivity contribution is 6.03. The van der Waals surface area contributed by atoms with E-state index in [0.717, 1.165) is 11.3 Å². The number of nitrogens with one attached hydrogen (secondary N) is 2. The molecule has 0 bridgehead atoms. The fourth-order valence-electron chi connectivity index (χ4n) is 2.30. The minimum absolute atomic E-state index is 0.226. The summed E-state index contributed by atoms with van der Waals surface area (Å²) in [6, 6.07) is 18.2. The van der Waals surface area contributed by atoms with Gasteiger partial charge in [0.1, 0.15) is 5.75 Å². The van der Waals surface area contributed by atoms with E-state index in [9.17, 15) is 4.79 Å². The SMILES string of the molecule is COc1ccc(C)cc1Nc1ccc(NC(=O)c2ccccc2)nn1. The van der Waals surface area contributed by atoms with Gasteiger partial charge in [-0.1, -0.05) is 24.3 Å². The molecule has 0 aliphatic rings. The zero-order chi connectivity index (χ0) is 17.6. The minimum atomic E-state index is -0.226. The first kappa shape index (κ1) is 16.4. The summed E-state index contributed by atoms with van der Waals surface area (Å²) in [6.45, 7) is 2.00. The van der Waals surface area contributed by atoms with Crippen LogP contribution in [0.25, 0.3) is 0 Å². The first-order valence-electron chi connectivity index (χ1n) is 7.77. The molecule has 0 aliphatic carbocycles. The topological polar surface area (TPSA) is 76.1 Å². The Morgan fingerprint density at radius 1 is 0.960 bits per heavy atom. The third kappa shape index (κ3) is 4.11. The number of benzene rings is 2. The molecule has 2 N–H and O–H groups in total. The monoisotopic (exact) mass is 334 g/mol. The quantitative estimate of drug-likeness (QED) is 0.742. The summed E-state index contributed by atoms with van der Waals surface area (Å²) in [5.74, 6) is 1.43. The van der Waals surface area contributed by atoms with Gasteiger partial charge >= 0.3 is 0 Å². The Balaban J connectivity index is 1.70. The highest BCUT2D eigenvalue weighted by atomic mass is 16.5. The van der Waals surface area contributed by atoms with Crippen molar-refractivity contribution in [3.63, 3.8) is 0 Å². The lowest BCUT2D eigenvalue weighted by Gasteiger charge is -2.11. The molecule has 0 fully saturated rings. The van der Waals surface area contributed by atoms with Gasteiger partial charge in [-0.2, -0.15) is 0 Å². The second kappa shape index (κ2) is 7.44. The molecule has 6 nitrogen and oxygen atoms in total. The number of aromatic nitrogens is 2. The number of nitrogens with zero attached hydrogens (tertiary/aromatic N) is 2. The van der Waals surface area contributed by atoms with Crippen LogP contribution < -0.4 is 15.4 Å². The van der Waals surface area contributed by atoms with Crippen LogP contribution in [0.4, 0.5) is 17.3 Å². The van der Waals surface area contributed by atoms with E-state index in [-0.39, 0.29) is 5.91 Å². The summed E-state index contributed by atoms with van der Waals surface area (Å²) >= 11 is 0. The Labute approximate surface area is 145 Å². The van der Waals surface area contributed by atoms with E-state index >= 15 is 0 Å². The first-order chi connectivity index (χ1) is 12.2. The van der Waals surface area contributed by atoms with Crippen molar-refractivity contribution in [1.29, 1.82) is 0 Å². The van der Waals surface area contributed by atoms with Crippen LogP contribution in [-0.2, 0) is 0 Å². The van der Waals surface area contributed by atoms with Gasteiger partial charge < -0.3 is 15.4 Å². The van der Waals surface area contributed by atoms with Crippen molar-refractivity contribution in [1.82, 2.24) is 10.2 Å². The molecule has 126 valence electrons. The number of rotatable bonds is 5. The number of ether oxygens (including phenoxy) is 1. The fourth-order valence-corrected chi connectivity index (χ4v) is 2.30. The van der Waals surface area contributed by atoms with E-state index in [4.69, 9.17) is 4.74 Å². The molecule has 0 radical (unpaired) electrons. The Morgan fingerprint density at radius 3 is 2.36 bits per heavy atom. The van der Waals surface area contributed by atoms with Crippen molar-refractivity contribution in [2.45, 2.75) is 6.92 Å². The number of hydrogen-bond donors (Lipinski definition) is 2. The third-order valence-corrected chi connectivity index (χ3v) is 3.56. The zero-order valence-electron chi connectivity index (χ0n) is 14.0. The Hall–Kier alpha value is -3.41. The smallest absolute Gasteiger partial charge is 0.256 e. The van der Waals surface area contributed by atoms with Crippen LogP contribution in [0.5, 0.6) is 5.75 Å². The molecule has 1 heterocycles. The number of anilines is 3. The van der Waals surface area contributed by atoms with Gasteiger partial charge in [-0.25, -0.2) is 0 Å². The van der Waals surface area contributed by atoms with E-state index in [0.29, 0.717) is 22.9 Å². The average Bonchev–Trinajstić information content (AvgIpc) is 2.64. The van der Waals surface area contributed by atoms with Crippen molar-refractivity contribution in [2.75, 3.05) is 17.7 Å². The number of amides is 1. The van der Waals surface area contributed by atoms with E-state index in [2.05, 4.69) is 20.8 Å². The molecule has 2 aromatic carbocycles. The van der Waals surface area contributed by atoms with E-state index < -0.39 is 0 Å². The summed E-state index contributed by atoms with van der Waals surface area (Å²) in [4.78, 5) is 12.1.